The first-order valence-electron chi connectivity index (χ1n) is 7.20. The van der Waals surface area contributed by atoms with Crippen molar-refractivity contribution in [2.75, 3.05) is 0 Å². The van der Waals surface area contributed by atoms with Gasteiger partial charge in [-0.25, -0.2) is 0 Å². The normalized spacial score (nSPS) is 9.27. The molecule has 1 aliphatic rings. The summed E-state index contributed by atoms with van der Waals surface area (Å²) in [6, 6.07) is 8.61. The number of unbranched alkanes of at least 4 members (excludes halogenated alkanes) is 1. The summed E-state index contributed by atoms with van der Waals surface area (Å²) in [5, 5.41) is 4.58. The van der Waals surface area contributed by atoms with Gasteiger partial charge in [-0.1, -0.05) is 68.9 Å². The average Bonchev–Trinajstić information content (AvgIpc) is 2.92. The van der Waals surface area contributed by atoms with Crippen LogP contribution in [0, 0.1) is 29.7 Å². The van der Waals surface area contributed by atoms with Crippen LogP contribution in [0.1, 0.15) is 31.7 Å². The summed E-state index contributed by atoms with van der Waals surface area (Å²) in [7, 11) is 0.750. The van der Waals surface area contributed by atoms with Crippen LogP contribution in [0.3, 0.4) is 0 Å². The Labute approximate surface area is 199 Å². The number of halogens is 2. The number of nitrogens with zero attached hydrogens (tertiary/aromatic N) is 1. The maximum Gasteiger partial charge on any atom is 2.00 e. The second-order valence-corrected chi connectivity index (χ2v) is 5.90. The standard InChI is InChI=1S/C15H18N.C2H7Si.4CH3.2ClH.Zr/c1-2-3-6-13-9-11-15(12-10-13)16-14-7-4-5-8-14;1-3-2;;;;;;;/h4-5,7,9-12H,2-3,6,8H2,1H3;3H,1-2H3;4*1H3;2*1H;/q-1;;4*-1;;;+2/p-2. The molecule has 2 rings (SSSR count). The van der Waals surface area contributed by atoms with Gasteiger partial charge in [0.05, 0.1) is 0 Å². The van der Waals surface area contributed by atoms with Crippen LogP contribution in [0.2, 0.25) is 13.1 Å². The van der Waals surface area contributed by atoms with Crippen molar-refractivity contribution in [3.8, 4) is 0 Å². The van der Waals surface area contributed by atoms with E-state index < -0.39 is 0 Å². The van der Waals surface area contributed by atoms with E-state index in [2.05, 4.69) is 67.8 Å². The molecule has 1 aliphatic carbocycles. The van der Waals surface area contributed by atoms with E-state index in [1.807, 2.05) is 0 Å². The van der Waals surface area contributed by atoms with Gasteiger partial charge in [0.1, 0.15) is 0 Å². The van der Waals surface area contributed by atoms with E-state index in [0.717, 1.165) is 27.3 Å². The van der Waals surface area contributed by atoms with Gasteiger partial charge < -0.3 is 59.8 Å². The maximum absolute atomic E-state index is 4.58. The Balaban J connectivity index is -0.0000000679. The zero-order valence-electron chi connectivity index (χ0n) is 17.7. The second-order valence-electron chi connectivity index (χ2n) is 4.75. The van der Waals surface area contributed by atoms with Gasteiger partial charge in [-0.15, -0.1) is 5.69 Å². The molecule has 0 saturated carbocycles. The molecular formula is C21H37Cl2NSiZr-5. The van der Waals surface area contributed by atoms with Gasteiger partial charge in [-0.2, -0.15) is 5.70 Å². The predicted octanol–water partition coefficient (Wildman–Crippen LogP) is 1.20. The number of rotatable bonds is 5. The van der Waals surface area contributed by atoms with Crippen molar-refractivity contribution in [3.63, 3.8) is 0 Å². The summed E-state index contributed by atoms with van der Waals surface area (Å²) in [4.78, 5) is 0. The minimum atomic E-state index is 0. The van der Waals surface area contributed by atoms with Crippen LogP contribution in [0.15, 0.2) is 48.2 Å². The number of benzene rings is 1. The minimum absolute atomic E-state index is 0. The Morgan fingerprint density at radius 2 is 1.46 bits per heavy atom. The van der Waals surface area contributed by atoms with Crippen LogP contribution in [0.5, 0.6) is 0 Å². The van der Waals surface area contributed by atoms with Gasteiger partial charge in [-0.3, -0.25) is 0 Å². The largest absolute Gasteiger partial charge is 2.00 e. The van der Waals surface area contributed by atoms with E-state index in [9.17, 15) is 0 Å². The van der Waals surface area contributed by atoms with E-state index in [1.165, 1.54) is 24.8 Å². The van der Waals surface area contributed by atoms with Crippen LogP contribution in [-0.4, -0.2) is 9.52 Å². The van der Waals surface area contributed by atoms with Gasteiger partial charge in [0.2, 0.25) is 0 Å². The van der Waals surface area contributed by atoms with Gasteiger partial charge >= 0.3 is 26.2 Å². The average molecular weight is 494 g/mol. The van der Waals surface area contributed by atoms with Gasteiger partial charge in [0.15, 0.2) is 0 Å². The van der Waals surface area contributed by atoms with E-state index >= 15 is 0 Å². The molecule has 0 aliphatic heterocycles. The molecule has 0 N–H and O–H groups in total. The maximum atomic E-state index is 4.58. The molecule has 1 aromatic carbocycles. The van der Waals surface area contributed by atoms with E-state index in [-0.39, 0.29) is 80.7 Å². The van der Waals surface area contributed by atoms with Gasteiger partial charge in [0, 0.05) is 9.52 Å². The molecular weight excluding hydrogens is 456 g/mol. The van der Waals surface area contributed by atoms with Crippen LogP contribution in [0.4, 0.5) is 5.69 Å². The van der Waals surface area contributed by atoms with Crippen molar-refractivity contribution < 1.29 is 51.0 Å². The van der Waals surface area contributed by atoms with Crippen LogP contribution >= 0.6 is 0 Å². The second kappa shape index (κ2) is 29.9. The summed E-state index contributed by atoms with van der Waals surface area (Å²) in [5.41, 5.74) is 3.64. The van der Waals surface area contributed by atoms with Crippen molar-refractivity contribution >= 4 is 15.2 Å². The number of hydrogen-bond acceptors (Lipinski definition) is 0. The van der Waals surface area contributed by atoms with Crippen LogP contribution in [-0.2, 0) is 32.6 Å². The molecule has 0 saturated heterocycles. The fraction of sp³-hybridized carbons (Fsp3) is 0.333. The van der Waals surface area contributed by atoms with Crippen molar-refractivity contribution in [2.45, 2.75) is 45.7 Å². The van der Waals surface area contributed by atoms with E-state index in [1.54, 1.807) is 0 Å². The number of hydrogen-bond donors (Lipinski definition) is 0. The summed E-state index contributed by atoms with van der Waals surface area (Å²) in [6.45, 7) is 6.64. The zero-order valence-corrected chi connectivity index (χ0v) is 22.8. The minimum Gasteiger partial charge on any atom is -1.00 e. The first kappa shape index (κ1) is 45.1. The smallest absolute Gasteiger partial charge is 1.00 e. The van der Waals surface area contributed by atoms with Crippen LogP contribution in [0.25, 0.3) is 5.32 Å². The molecule has 0 heterocycles. The topological polar surface area (TPSA) is 14.1 Å². The Morgan fingerprint density at radius 1 is 0.962 bits per heavy atom. The summed E-state index contributed by atoms with van der Waals surface area (Å²) >= 11 is 0. The summed E-state index contributed by atoms with van der Waals surface area (Å²) in [5.74, 6) is 0. The van der Waals surface area contributed by atoms with Crippen molar-refractivity contribution in [3.05, 3.63) is 88.8 Å². The molecule has 0 amide bonds. The quantitative estimate of drug-likeness (QED) is 0.433. The molecule has 26 heavy (non-hydrogen) atoms. The first-order valence-corrected chi connectivity index (χ1v) is 9.51. The first-order chi connectivity index (χ1) is 9.30. The molecule has 0 unspecified atom stereocenters. The molecule has 0 bridgehead atoms. The van der Waals surface area contributed by atoms with Crippen molar-refractivity contribution in [1.82, 2.24) is 0 Å². The fourth-order valence-electron chi connectivity index (χ4n) is 1.80. The molecule has 0 fully saturated rings. The molecule has 1 aromatic rings. The van der Waals surface area contributed by atoms with Gasteiger partial charge in [-0.05, 0) is 24.8 Å². The molecule has 1 radical (unpaired) electrons. The van der Waals surface area contributed by atoms with E-state index in [4.69, 9.17) is 0 Å². The monoisotopic (exact) mass is 491 g/mol. The third-order valence-electron chi connectivity index (χ3n) is 2.78. The molecule has 153 valence electrons. The molecule has 1 nitrogen and oxygen atoms in total. The Bertz CT molecular complexity index is 421. The van der Waals surface area contributed by atoms with Crippen molar-refractivity contribution in [2.24, 2.45) is 0 Å². The zero-order chi connectivity index (χ0) is 13.9. The third kappa shape index (κ3) is 20.5. The molecule has 0 atom stereocenters. The molecule has 0 aromatic heterocycles. The number of allylic oxidation sites excluding steroid dienone is 3. The van der Waals surface area contributed by atoms with Gasteiger partial charge in [0.25, 0.3) is 0 Å². The molecule has 0 spiro atoms. The Kier molecular flexibility index (Phi) is 51.9. The van der Waals surface area contributed by atoms with Crippen LogP contribution < -0.4 is 24.8 Å². The third-order valence-corrected chi connectivity index (χ3v) is 2.78. The Hall–Kier alpha value is 0.180. The molecule has 5 heteroatoms. The fourth-order valence-corrected chi connectivity index (χ4v) is 1.80. The number of aryl methyl sites for hydroxylation is 1. The predicted molar refractivity (Wildman–Crippen MR) is 114 cm³/mol. The summed E-state index contributed by atoms with van der Waals surface area (Å²) < 4.78 is 0. The SMILES string of the molecule is CCCCc1ccc([N-]C2=CC=CC2)cc1.C[SiH]C.[CH3-].[CH3-].[CH3-].[CH3-].[Cl-].[Cl-].[Zr+2]. The van der Waals surface area contributed by atoms with E-state index in [0.29, 0.717) is 0 Å². The Morgan fingerprint density at radius 3 is 1.85 bits per heavy atom. The summed E-state index contributed by atoms with van der Waals surface area (Å²) in [6.07, 6.45) is 10.9. The van der Waals surface area contributed by atoms with Crippen molar-refractivity contribution in [1.29, 1.82) is 0 Å².